The largest absolute Gasteiger partial charge is 0.393 e. The number of nitrogens with one attached hydrogen (secondary N) is 1. The van der Waals surface area contributed by atoms with E-state index >= 15 is 0 Å². The topological polar surface area (TPSA) is 58.6 Å². The van der Waals surface area contributed by atoms with E-state index in [0.717, 1.165) is 57.1 Å². The molecular weight excluding hydrogens is 513 g/mol. The third-order valence-corrected chi connectivity index (χ3v) is 10.6. The van der Waals surface area contributed by atoms with Gasteiger partial charge in [0.25, 0.3) is 0 Å². The Balaban J connectivity index is 0.00000216. The Morgan fingerprint density at radius 2 is 2.00 bits per heavy atom. The van der Waals surface area contributed by atoms with Crippen molar-refractivity contribution < 1.29 is 14.6 Å². The highest BCUT2D eigenvalue weighted by molar-refractivity contribution is 14.0. The molecule has 2 aliphatic heterocycles. The number of carbonyl (C=O) groups is 1. The van der Waals surface area contributed by atoms with Crippen LogP contribution in [0.5, 0.6) is 0 Å². The van der Waals surface area contributed by atoms with Crippen molar-refractivity contribution >= 4 is 29.8 Å². The van der Waals surface area contributed by atoms with Gasteiger partial charge in [-0.25, -0.2) is 0 Å². The summed E-state index contributed by atoms with van der Waals surface area (Å²) in [4.78, 5) is 14.1. The summed E-state index contributed by atoms with van der Waals surface area (Å²) in [6.45, 7) is 10.3. The van der Waals surface area contributed by atoms with Crippen molar-refractivity contribution in [3.05, 3.63) is 22.8 Å². The Kier molecular flexibility index (Phi) is 5.79. The number of halogens is 1. The van der Waals surface area contributed by atoms with Gasteiger partial charge in [-0.05, 0) is 87.2 Å². The van der Waals surface area contributed by atoms with E-state index in [-0.39, 0.29) is 53.1 Å². The standard InChI is InChI=1S/C27H39NO3.HI/c1-14-11-21-24(28-13-14)16(3)27(31-21)10-8-19-20-6-5-17-12-18(29)7-9-26(17,4)23(20)25(30)22(19)15(27)2;/h5,14,16,18-21,23-24,28-29H,6-13H2,1-4H3;1H/t14-,16+,18-,19-,20-,21+,23+,24-,26-,27-;/m0./s1. The molecule has 4 fully saturated rings. The van der Waals surface area contributed by atoms with E-state index in [0.29, 0.717) is 35.5 Å². The minimum atomic E-state index is -0.263. The van der Waals surface area contributed by atoms with E-state index < -0.39 is 0 Å². The van der Waals surface area contributed by atoms with E-state index in [9.17, 15) is 9.90 Å². The lowest BCUT2D eigenvalue weighted by Gasteiger charge is -2.48. The highest BCUT2D eigenvalue weighted by atomic mass is 127. The van der Waals surface area contributed by atoms with Crippen LogP contribution >= 0.6 is 24.0 Å². The molecule has 2 saturated carbocycles. The van der Waals surface area contributed by atoms with E-state index in [1.165, 1.54) is 11.1 Å². The number of fused-ring (bicyclic) bond motifs is 6. The zero-order chi connectivity index (χ0) is 21.7. The number of allylic oxidation sites excluding steroid dienone is 2. The first-order valence-electron chi connectivity index (χ1n) is 12.8. The minimum absolute atomic E-state index is 0. The molecule has 10 atom stereocenters. The van der Waals surface area contributed by atoms with Crippen LogP contribution in [-0.2, 0) is 9.53 Å². The Morgan fingerprint density at radius 3 is 2.78 bits per heavy atom. The number of aliphatic hydroxyl groups is 1. The van der Waals surface area contributed by atoms with Crippen LogP contribution in [0.3, 0.4) is 0 Å². The third-order valence-electron chi connectivity index (χ3n) is 10.6. The van der Waals surface area contributed by atoms with Gasteiger partial charge in [-0.15, -0.1) is 24.0 Å². The first-order valence-corrected chi connectivity index (χ1v) is 12.8. The summed E-state index contributed by atoms with van der Waals surface area (Å²) in [5.41, 5.74) is 3.43. The first-order chi connectivity index (χ1) is 14.8. The summed E-state index contributed by atoms with van der Waals surface area (Å²) in [5.74, 6) is 2.41. The van der Waals surface area contributed by atoms with Crippen molar-refractivity contribution in [2.45, 2.75) is 96.5 Å². The molecule has 178 valence electrons. The molecule has 32 heavy (non-hydrogen) atoms. The second-order valence-corrected chi connectivity index (χ2v) is 12.1. The lowest BCUT2D eigenvalue weighted by atomic mass is 9.56. The lowest BCUT2D eigenvalue weighted by molar-refractivity contribution is -0.123. The smallest absolute Gasteiger partial charge is 0.163 e. The number of hydrogen-bond acceptors (Lipinski definition) is 4. The average Bonchev–Trinajstić information content (AvgIpc) is 3.18. The molecule has 5 heteroatoms. The van der Waals surface area contributed by atoms with Crippen LogP contribution in [0.25, 0.3) is 0 Å². The fourth-order valence-electron chi connectivity index (χ4n) is 8.93. The van der Waals surface area contributed by atoms with E-state index in [4.69, 9.17) is 4.74 Å². The van der Waals surface area contributed by atoms with E-state index in [1.54, 1.807) is 0 Å². The van der Waals surface area contributed by atoms with E-state index in [2.05, 4.69) is 39.1 Å². The van der Waals surface area contributed by atoms with Crippen LogP contribution in [0.2, 0.25) is 0 Å². The van der Waals surface area contributed by atoms with Crippen LogP contribution in [0.1, 0.15) is 72.6 Å². The summed E-state index contributed by atoms with van der Waals surface area (Å²) in [6.07, 6.45) is 9.23. The van der Waals surface area contributed by atoms with Crippen LogP contribution in [0, 0.1) is 35.0 Å². The highest BCUT2D eigenvalue weighted by Gasteiger charge is 2.63. The molecule has 4 aliphatic carbocycles. The van der Waals surface area contributed by atoms with Gasteiger partial charge in [0.1, 0.15) is 0 Å². The lowest BCUT2D eigenvalue weighted by Crippen LogP contribution is -2.49. The van der Waals surface area contributed by atoms with Crippen molar-refractivity contribution in [3.63, 3.8) is 0 Å². The monoisotopic (exact) mass is 553 g/mol. The molecule has 4 nitrogen and oxygen atoms in total. The van der Waals surface area contributed by atoms with Gasteiger partial charge >= 0.3 is 0 Å². The van der Waals surface area contributed by atoms with Gasteiger partial charge in [0.05, 0.1) is 17.8 Å². The van der Waals surface area contributed by atoms with Gasteiger partial charge in [-0.3, -0.25) is 4.79 Å². The van der Waals surface area contributed by atoms with Crippen LogP contribution < -0.4 is 5.32 Å². The van der Waals surface area contributed by atoms with E-state index in [1.807, 2.05) is 0 Å². The number of carbonyl (C=O) groups excluding carboxylic acids is 1. The van der Waals surface area contributed by atoms with Crippen LogP contribution in [-0.4, -0.2) is 41.3 Å². The molecule has 2 heterocycles. The zero-order valence-electron chi connectivity index (χ0n) is 20.0. The van der Waals surface area contributed by atoms with Gasteiger partial charge in [0, 0.05) is 23.5 Å². The van der Waals surface area contributed by atoms with Gasteiger partial charge in [0.15, 0.2) is 5.78 Å². The summed E-state index contributed by atoms with van der Waals surface area (Å²) in [7, 11) is 0. The fourth-order valence-corrected chi connectivity index (χ4v) is 8.93. The number of hydrogen-bond donors (Lipinski definition) is 2. The van der Waals surface area contributed by atoms with Crippen molar-refractivity contribution in [2.24, 2.45) is 35.0 Å². The van der Waals surface area contributed by atoms with Gasteiger partial charge in [-0.2, -0.15) is 0 Å². The summed E-state index contributed by atoms with van der Waals surface area (Å²) < 4.78 is 6.93. The second kappa shape index (κ2) is 7.89. The Hall–Kier alpha value is -0.240. The Labute approximate surface area is 210 Å². The fraction of sp³-hybridized carbons (Fsp3) is 0.815. The molecule has 2 saturated heterocycles. The number of aliphatic hydroxyl groups excluding tert-OH is 1. The molecular formula is C27H40INO3. The maximum Gasteiger partial charge on any atom is 0.163 e. The molecule has 0 aromatic rings. The minimum Gasteiger partial charge on any atom is -0.393 e. The molecule has 6 aliphatic rings. The number of ketones is 1. The number of ether oxygens (including phenoxy) is 1. The maximum absolute atomic E-state index is 14.1. The summed E-state index contributed by atoms with van der Waals surface area (Å²) >= 11 is 0. The first kappa shape index (κ1) is 23.5. The number of rotatable bonds is 0. The average molecular weight is 554 g/mol. The normalized spacial score (nSPS) is 52.0. The molecule has 0 amide bonds. The SMILES string of the molecule is CC1=C2C(=O)[C@H]3[C@@H](CC=C4C[C@@H](O)CC[C@@]43C)[C@@H]2CC[C@]12O[C@@H]1C[C@H](C)CN[C@H]1[C@H]2C.I. The van der Waals surface area contributed by atoms with Crippen LogP contribution in [0.4, 0.5) is 0 Å². The number of piperidine rings is 1. The predicted molar refractivity (Wildman–Crippen MR) is 136 cm³/mol. The summed E-state index contributed by atoms with van der Waals surface area (Å²) in [5, 5.41) is 14.0. The second-order valence-electron chi connectivity index (χ2n) is 12.1. The maximum atomic E-state index is 14.1. The molecule has 0 aromatic heterocycles. The number of Topliss-reactive ketones (excluding diaryl/α,β-unsaturated/α-hetero) is 1. The van der Waals surface area contributed by atoms with Gasteiger partial charge < -0.3 is 15.2 Å². The van der Waals surface area contributed by atoms with Crippen molar-refractivity contribution in [1.82, 2.24) is 5.32 Å². The van der Waals surface area contributed by atoms with Gasteiger partial charge in [-0.1, -0.05) is 32.4 Å². The molecule has 0 bridgehead atoms. The zero-order valence-corrected chi connectivity index (χ0v) is 22.4. The molecule has 0 aromatic carbocycles. The van der Waals surface area contributed by atoms with Gasteiger partial charge in [0.2, 0.25) is 0 Å². The van der Waals surface area contributed by atoms with Crippen molar-refractivity contribution in [3.8, 4) is 0 Å². The Morgan fingerprint density at radius 1 is 1.22 bits per heavy atom. The molecule has 6 rings (SSSR count). The van der Waals surface area contributed by atoms with Crippen molar-refractivity contribution in [1.29, 1.82) is 0 Å². The molecule has 0 unspecified atom stereocenters. The quantitative estimate of drug-likeness (QED) is 0.335. The van der Waals surface area contributed by atoms with Crippen LogP contribution in [0.15, 0.2) is 22.8 Å². The molecule has 1 spiro atoms. The van der Waals surface area contributed by atoms with Crippen molar-refractivity contribution in [2.75, 3.05) is 6.54 Å². The highest BCUT2D eigenvalue weighted by Crippen LogP contribution is 2.63. The molecule has 2 N–H and O–H groups in total. The molecule has 0 radical (unpaired) electrons. The predicted octanol–water partition coefficient (Wildman–Crippen LogP) is 4.80. The Bertz CT molecular complexity index is 882. The summed E-state index contributed by atoms with van der Waals surface area (Å²) in [6, 6.07) is 0.410. The third kappa shape index (κ3) is 2.99.